The molecule has 0 aliphatic rings. The molecule has 0 bridgehead atoms. The normalized spacial score (nSPS) is 12.5. The summed E-state index contributed by atoms with van der Waals surface area (Å²) in [6.07, 6.45) is 0. The second-order valence-electron chi connectivity index (χ2n) is 3.22. The third-order valence-electron chi connectivity index (χ3n) is 2.18. The lowest BCUT2D eigenvalue weighted by atomic mass is 9.99. The van der Waals surface area contributed by atoms with Crippen molar-refractivity contribution < 1.29 is 9.90 Å². The van der Waals surface area contributed by atoms with E-state index >= 15 is 0 Å². The van der Waals surface area contributed by atoms with Gasteiger partial charge in [-0.05, 0) is 30.2 Å². The van der Waals surface area contributed by atoms with Crippen molar-refractivity contribution in [2.45, 2.75) is 13.0 Å². The Kier molecular flexibility index (Phi) is 3.22. The number of carboxylic acids is 1. The third kappa shape index (κ3) is 2.10. The van der Waals surface area contributed by atoms with Crippen molar-refractivity contribution >= 4 is 5.97 Å². The summed E-state index contributed by atoms with van der Waals surface area (Å²) in [5.74, 6) is -0.949. The molecule has 0 aliphatic carbocycles. The molecule has 1 atom stereocenters. The van der Waals surface area contributed by atoms with Gasteiger partial charge in [-0.3, -0.25) is 0 Å². The van der Waals surface area contributed by atoms with Gasteiger partial charge in [0.05, 0.1) is 5.56 Å². The van der Waals surface area contributed by atoms with Crippen LogP contribution in [0.1, 0.15) is 27.5 Å². The van der Waals surface area contributed by atoms with Gasteiger partial charge in [0.25, 0.3) is 0 Å². The molecule has 0 amide bonds. The summed E-state index contributed by atoms with van der Waals surface area (Å²) in [7, 11) is 0. The maximum atomic E-state index is 10.7. The second-order valence-corrected chi connectivity index (χ2v) is 3.22. The standard InChI is InChI=1S/C10H14N2O2/c1-6-2-3-7(10(13)14)4-8(6)9(12)5-11/h2-4,9H,5,11-12H2,1H3,(H,13,14)/t9-/m0/s1. The molecule has 1 aromatic carbocycles. The number of nitrogens with two attached hydrogens (primary N) is 2. The molecule has 4 heteroatoms. The van der Waals surface area contributed by atoms with Crippen molar-refractivity contribution in [1.29, 1.82) is 0 Å². The molecule has 0 aromatic heterocycles. The predicted molar refractivity (Wildman–Crippen MR) is 54.1 cm³/mol. The van der Waals surface area contributed by atoms with Gasteiger partial charge in [-0.1, -0.05) is 6.07 Å². The van der Waals surface area contributed by atoms with Gasteiger partial charge in [-0.15, -0.1) is 0 Å². The quantitative estimate of drug-likeness (QED) is 0.659. The van der Waals surface area contributed by atoms with Gasteiger partial charge in [-0.25, -0.2) is 4.79 Å². The molecular weight excluding hydrogens is 180 g/mol. The average molecular weight is 194 g/mol. The molecule has 0 saturated heterocycles. The fraction of sp³-hybridized carbons (Fsp3) is 0.300. The molecule has 0 aliphatic heterocycles. The number of rotatable bonds is 3. The Morgan fingerprint density at radius 3 is 2.71 bits per heavy atom. The number of carbonyl (C=O) groups is 1. The van der Waals surface area contributed by atoms with E-state index in [0.29, 0.717) is 6.54 Å². The van der Waals surface area contributed by atoms with E-state index < -0.39 is 5.97 Å². The van der Waals surface area contributed by atoms with Crippen LogP contribution in [0.4, 0.5) is 0 Å². The number of benzene rings is 1. The summed E-state index contributed by atoms with van der Waals surface area (Å²) in [6.45, 7) is 2.19. The second kappa shape index (κ2) is 4.21. The summed E-state index contributed by atoms with van der Waals surface area (Å²) >= 11 is 0. The van der Waals surface area contributed by atoms with Crippen LogP contribution in [0, 0.1) is 6.92 Å². The molecule has 0 saturated carbocycles. The monoisotopic (exact) mass is 194 g/mol. The van der Waals surface area contributed by atoms with Crippen LogP contribution in [0.2, 0.25) is 0 Å². The fourth-order valence-electron chi connectivity index (χ4n) is 1.30. The molecule has 0 heterocycles. The molecule has 1 aromatic rings. The lowest BCUT2D eigenvalue weighted by Crippen LogP contribution is -2.22. The molecule has 0 spiro atoms. The first-order valence-corrected chi connectivity index (χ1v) is 4.35. The van der Waals surface area contributed by atoms with Crippen molar-refractivity contribution in [3.05, 3.63) is 34.9 Å². The first kappa shape index (κ1) is 10.7. The van der Waals surface area contributed by atoms with Crippen molar-refractivity contribution in [2.75, 3.05) is 6.54 Å². The molecule has 1 rings (SSSR count). The van der Waals surface area contributed by atoms with E-state index in [2.05, 4.69) is 0 Å². The van der Waals surface area contributed by atoms with Crippen LogP contribution >= 0.6 is 0 Å². The number of hydrogen-bond acceptors (Lipinski definition) is 3. The largest absolute Gasteiger partial charge is 0.478 e. The molecule has 76 valence electrons. The number of aromatic carboxylic acids is 1. The number of hydrogen-bond donors (Lipinski definition) is 3. The molecule has 14 heavy (non-hydrogen) atoms. The highest BCUT2D eigenvalue weighted by Crippen LogP contribution is 2.16. The summed E-state index contributed by atoms with van der Waals surface area (Å²) in [6, 6.07) is 4.59. The maximum Gasteiger partial charge on any atom is 0.335 e. The minimum absolute atomic E-state index is 0.245. The van der Waals surface area contributed by atoms with Crippen LogP contribution in [-0.2, 0) is 0 Å². The van der Waals surface area contributed by atoms with Gasteiger partial charge < -0.3 is 16.6 Å². The SMILES string of the molecule is Cc1ccc(C(=O)O)cc1[C@@H](N)CN. The summed E-state index contributed by atoms with van der Waals surface area (Å²) in [5, 5.41) is 8.78. The van der Waals surface area contributed by atoms with E-state index in [1.807, 2.05) is 6.92 Å². The minimum atomic E-state index is -0.949. The predicted octanol–water partition coefficient (Wildman–Crippen LogP) is 0.652. The van der Waals surface area contributed by atoms with Gasteiger partial charge in [0.1, 0.15) is 0 Å². The first-order chi connectivity index (χ1) is 6.56. The molecule has 0 fully saturated rings. The third-order valence-corrected chi connectivity index (χ3v) is 2.18. The van der Waals surface area contributed by atoms with E-state index in [9.17, 15) is 4.79 Å². The van der Waals surface area contributed by atoms with Crippen molar-refractivity contribution in [1.82, 2.24) is 0 Å². The van der Waals surface area contributed by atoms with E-state index in [0.717, 1.165) is 11.1 Å². The topological polar surface area (TPSA) is 89.3 Å². The first-order valence-electron chi connectivity index (χ1n) is 4.35. The van der Waals surface area contributed by atoms with E-state index in [-0.39, 0.29) is 11.6 Å². The van der Waals surface area contributed by atoms with Crippen LogP contribution in [0.25, 0.3) is 0 Å². The average Bonchev–Trinajstić information content (AvgIpc) is 2.17. The van der Waals surface area contributed by atoms with Crippen LogP contribution < -0.4 is 11.5 Å². The molecule has 4 nitrogen and oxygen atoms in total. The van der Waals surface area contributed by atoms with Gasteiger partial charge in [-0.2, -0.15) is 0 Å². The smallest absolute Gasteiger partial charge is 0.335 e. The van der Waals surface area contributed by atoms with Gasteiger partial charge in [0.15, 0.2) is 0 Å². The van der Waals surface area contributed by atoms with Crippen molar-refractivity contribution in [2.24, 2.45) is 11.5 Å². The van der Waals surface area contributed by atoms with Crippen molar-refractivity contribution in [3.8, 4) is 0 Å². The lowest BCUT2D eigenvalue weighted by Gasteiger charge is -2.12. The summed E-state index contributed by atoms with van der Waals surface area (Å²) in [5.41, 5.74) is 13.2. The van der Waals surface area contributed by atoms with Gasteiger partial charge in [0, 0.05) is 12.6 Å². The Bertz CT molecular complexity index is 350. The Hall–Kier alpha value is -1.39. The zero-order valence-electron chi connectivity index (χ0n) is 8.03. The number of aryl methyl sites for hydroxylation is 1. The maximum absolute atomic E-state index is 10.7. The van der Waals surface area contributed by atoms with Crippen LogP contribution in [0.15, 0.2) is 18.2 Å². The molecular formula is C10H14N2O2. The van der Waals surface area contributed by atoms with Crippen LogP contribution in [0.3, 0.4) is 0 Å². The zero-order valence-corrected chi connectivity index (χ0v) is 8.03. The van der Waals surface area contributed by atoms with Crippen LogP contribution in [0.5, 0.6) is 0 Å². The highest BCUT2D eigenvalue weighted by Gasteiger charge is 2.10. The lowest BCUT2D eigenvalue weighted by molar-refractivity contribution is 0.0696. The highest BCUT2D eigenvalue weighted by atomic mass is 16.4. The van der Waals surface area contributed by atoms with Gasteiger partial charge in [0.2, 0.25) is 0 Å². The Morgan fingerprint density at radius 1 is 1.57 bits per heavy atom. The van der Waals surface area contributed by atoms with E-state index in [4.69, 9.17) is 16.6 Å². The molecule has 5 N–H and O–H groups in total. The van der Waals surface area contributed by atoms with E-state index in [1.54, 1.807) is 18.2 Å². The fourth-order valence-corrected chi connectivity index (χ4v) is 1.30. The summed E-state index contributed by atoms with van der Waals surface area (Å²) < 4.78 is 0. The Labute approximate surface area is 82.5 Å². The Morgan fingerprint density at radius 2 is 2.21 bits per heavy atom. The zero-order chi connectivity index (χ0) is 10.7. The summed E-state index contributed by atoms with van der Waals surface area (Å²) in [4.78, 5) is 10.7. The number of carboxylic acid groups (broad SMARTS) is 1. The van der Waals surface area contributed by atoms with Gasteiger partial charge >= 0.3 is 5.97 Å². The molecule has 0 radical (unpaired) electrons. The minimum Gasteiger partial charge on any atom is -0.478 e. The highest BCUT2D eigenvalue weighted by molar-refractivity contribution is 5.87. The van der Waals surface area contributed by atoms with Crippen LogP contribution in [-0.4, -0.2) is 17.6 Å². The van der Waals surface area contributed by atoms with Crippen molar-refractivity contribution in [3.63, 3.8) is 0 Å². The Balaban J connectivity index is 3.14. The van der Waals surface area contributed by atoms with E-state index in [1.165, 1.54) is 0 Å². The molecule has 0 unspecified atom stereocenters.